The van der Waals surface area contributed by atoms with Gasteiger partial charge in [-0.05, 0) is 37.5 Å². The van der Waals surface area contributed by atoms with Gasteiger partial charge in [0, 0.05) is 26.1 Å². The second-order valence-electron chi connectivity index (χ2n) is 6.48. The zero-order valence-corrected chi connectivity index (χ0v) is 13.9. The Labute approximate surface area is 139 Å². The highest BCUT2D eigenvalue weighted by Crippen LogP contribution is 2.27. The number of amides is 1. The molecule has 1 saturated heterocycles. The lowest BCUT2D eigenvalue weighted by atomic mass is 9.97. The molecule has 3 aromatic rings. The van der Waals surface area contributed by atoms with E-state index in [-0.39, 0.29) is 11.8 Å². The Hall–Kier alpha value is -2.70. The van der Waals surface area contributed by atoms with Gasteiger partial charge in [0.05, 0.1) is 17.2 Å². The number of rotatable bonds is 2. The van der Waals surface area contributed by atoms with Crippen LogP contribution in [0.3, 0.4) is 0 Å². The van der Waals surface area contributed by atoms with E-state index in [0.717, 1.165) is 36.2 Å². The average molecular weight is 324 g/mol. The number of imidazole rings is 1. The minimum Gasteiger partial charge on any atom is -0.342 e. The molecule has 24 heavy (non-hydrogen) atoms. The number of likely N-dealkylation sites (tertiary alicyclic amines) is 1. The lowest BCUT2D eigenvalue weighted by Crippen LogP contribution is -2.40. The number of nitrogens with zero attached hydrogens (tertiary/aromatic N) is 5. The second kappa shape index (κ2) is 5.74. The summed E-state index contributed by atoms with van der Waals surface area (Å²) in [6.45, 7) is 3.51. The zero-order chi connectivity index (χ0) is 16.7. The van der Waals surface area contributed by atoms with Crippen LogP contribution in [0.15, 0.2) is 24.4 Å². The number of carbonyl (C=O) groups is 1. The molecule has 0 unspecified atom stereocenters. The van der Waals surface area contributed by atoms with E-state index in [9.17, 15) is 4.79 Å². The van der Waals surface area contributed by atoms with Gasteiger partial charge in [0.1, 0.15) is 11.5 Å². The van der Waals surface area contributed by atoms with E-state index in [2.05, 4.69) is 34.4 Å². The van der Waals surface area contributed by atoms with Crippen LogP contribution < -0.4 is 0 Å². The molecule has 0 radical (unpaired) electrons. The normalized spacial score (nSPS) is 18.2. The van der Waals surface area contributed by atoms with E-state index in [1.165, 1.54) is 16.4 Å². The smallest absolute Gasteiger partial charge is 0.273 e. The third-order valence-electron chi connectivity index (χ3n) is 4.68. The monoisotopic (exact) mass is 324 g/mol. The molecule has 124 valence electrons. The number of aromatic amines is 1. The number of piperidine rings is 1. The number of benzene rings is 1. The van der Waals surface area contributed by atoms with Gasteiger partial charge in [-0.1, -0.05) is 11.3 Å². The first-order chi connectivity index (χ1) is 11.6. The molecular formula is C17H20N6O. The van der Waals surface area contributed by atoms with Crippen molar-refractivity contribution >= 4 is 16.9 Å². The predicted octanol–water partition coefficient (Wildman–Crippen LogP) is 2.02. The number of nitrogens with one attached hydrogen (secondary N) is 1. The standard InChI is InChI=1S/C17H20N6O/c1-11-5-6-13-14(8-11)20-16(19-13)12-4-3-7-23(10-12)17(24)15-9-18-21-22(15)2/h5-6,8-9,12H,3-4,7,10H2,1-2H3,(H,19,20)/t12-/m1/s1. The van der Waals surface area contributed by atoms with E-state index in [1.54, 1.807) is 7.05 Å². The minimum absolute atomic E-state index is 0.0147. The number of aryl methyl sites for hydroxylation is 2. The quantitative estimate of drug-likeness (QED) is 0.782. The van der Waals surface area contributed by atoms with Crippen molar-refractivity contribution in [1.82, 2.24) is 29.9 Å². The van der Waals surface area contributed by atoms with Crippen molar-refractivity contribution in [3.8, 4) is 0 Å². The van der Waals surface area contributed by atoms with Gasteiger partial charge in [-0.25, -0.2) is 9.67 Å². The molecule has 1 fully saturated rings. The zero-order valence-electron chi connectivity index (χ0n) is 13.9. The van der Waals surface area contributed by atoms with Crippen molar-refractivity contribution in [2.75, 3.05) is 13.1 Å². The summed E-state index contributed by atoms with van der Waals surface area (Å²) < 4.78 is 1.52. The fourth-order valence-electron chi connectivity index (χ4n) is 3.37. The summed E-state index contributed by atoms with van der Waals surface area (Å²) in [6.07, 6.45) is 3.53. The first-order valence-corrected chi connectivity index (χ1v) is 8.22. The van der Waals surface area contributed by atoms with Crippen molar-refractivity contribution in [3.05, 3.63) is 41.5 Å². The molecule has 1 aliphatic rings. The molecule has 7 nitrogen and oxygen atoms in total. The van der Waals surface area contributed by atoms with Gasteiger partial charge in [0.2, 0.25) is 0 Å². The summed E-state index contributed by atoms with van der Waals surface area (Å²) in [5.41, 5.74) is 3.77. The van der Waals surface area contributed by atoms with Gasteiger partial charge in [0.25, 0.3) is 5.91 Å². The van der Waals surface area contributed by atoms with Crippen LogP contribution in [0.2, 0.25) is 0 Å². The van der Waals surface area contributed by atoms with E-state index < -0.39 is 0 Å². The molecule has 3 heterocycles. The van der Waals surface area contributed by atoms with Gasteiger partial charge >= 0.3 is 0 Å². The van der Waals surface area contributed by atoms with Crippen LogP contribution in [-0.4, -0.2) is 48.9 Å². The lowest BCUT2D eigenvalue weighted by Gasteiger charge is -2.31. The number of fused-ring (bicyclic) bond motifs is 1. The van der Waals surface area contributed by atoms with Crippen molar-refractivity contribution in [1.29, 1.82) is 0 Å². The molecule has 4 rings (SSSR count). The molecule has 1 N–H and O–H groups in total. The van der Waals surface area contributed by atoms with Gasteiger partial charge in [-0.3, -0.25) is 4.79 Å². The highest BCUT2D eigenvalue weighted by Gasteiger charge is 2.28. The Morgan fingerprint density at radius 2 is 2.25 bits per heavy atom. The molecule has 0 spiro atoms. The molecule has 1 aliphatic heterocycles. The molecule has 1 aromatic carbocycles. The molecule has 0 saturated carbocycles. The molecule has 0 aliphatic carbocycles. The van der Waals surface area contributed by atoms with E-state index in [0.29, 0.717) is 12.2 Å². The number of hydrogen-bond donors (Lipinski definition) is 1. The van der Waals surface area contributed by atoms with E-state index in [1.807, 2.05) is 11.0 Å². The Kier molecular flexibility index (Phi) is 3.55. The highest BCUT2D eigenvalue weighted by molar-refractivity contribution is 5.92. The third-order valence-corrected chi connectivity index (χ3v) is 4.68. The first-order valence-electron chi connectivity index (χ1n) is 8.22. The van der Waals surface area contributed by atoms with Crippen molar-refractivity contribution in [2.24, 2.45) is 7.05 Å². The summed E-state index contributed by atoms with van der Waals surface area (Å²) in [5, 5.41) is 7.65. The summed E-state index contributed by atoms with van der Waals surface area (Å²) >= 11 is 0. The summed E-state index contributed by atoms with van der Waals surface area (Å²) in [6, 6.07) is 6.22. The van der Waals surface area contributed by atoms with E-state index in [4.69, 9.17) is 4.98 Å². The van der Waals surface area contributed by atoms with Crippen LogP contribution >= 0.6 is 0 Å². The second-order valence-corrected chi connectivity index (χ2v) is 6.48. The Morgan fingerprint density at radius 1 is 1.38 bits per heavy atom. The predicted molar refractivity (Wildman–Crippen MR) is 89.7 cm³/mol. The molecular weight excluding hydrogens is 304 g/mol. The molecule has 7 heteroatoms. The van der Waals surface area contributed by atoms with Crippen molar-refractivity contribution in [2.45, 2.75) is 25.7 Å². The third kappa shape index (κ3) is 2.55. The minimum atomic E-state index is -0.0147. The molecule has 0 bridgehead atoms. The van der Waals surface area contributed by atoms with Gasteiger partial charge < -0.3 is 9.88 Å². The highest BCUT2D eigenvalue weighted by atomic mass is 16.2. The van der Waals surface area contributed by atoms with Crippen LogP contribution in [0.25, 0.3) is 11.0 Å². The van der Waals surface area contributed by atoms with Crippen molar-refractivity contribution < 1.29 is 4.79 Å². The summed E-state index contributed by atoms with van der Waals surface area (Å²) in [5.74, 6) is 1.19. The fraction of sp³-hybridized carbons (Fsp3) is 0.412. The summed E-state index contributed by atoms with van der Waals surface area (Å²) in [4.78, 5) is 22.7. The largest absolute Gasteiger partial charge is 0.342 e. The number of aromatic nitrogens is 5. The number of H-pyrrole nitrogens is 1. The number of hydrogen-bond acceptors (Lipinski definition) is 4. The van der Waals surface area contributed by atoms with Crippen LogP contribution in [-0.2, 0) is 7.05 Å². The van der Waals surface area contributed by atoms with Crippen LogP contribution in [0.5, 0.6) is 0 Å². The van der Waals surface area contributed by atoms with Crippen LogP contribution in [0.1, 0.15) is 40.6 Å². The summed E-state index contributed by atoms with van der Waals surface area (Å²) in [7, 11) is 1.74. The molecule has 1 amide bonds. The van der Waals surface area contributed by atoms with Gasteiger partial charge in [0.15, 0.2) is 0 Å². The Bertz CT molecular complexity index is 896. The average Bonchev–Trinajstić information content (AvgIpc) is 3.20. The fourth-order valence-corrected chi connectivity index (χ4v) is 3.37. The van der Waals surface area contributed by atoms with Crippen molar-refractivity contribution in [3.63, 3.8) is 0 Å². The topological polar surface area (TPSA) is 79.7 Å². The number of carbonyl (C=O) groups excluding carboxylic acids is 1. The molecule has 2 aromatic heterocycles. The first kappa shape index (κ1) is 14.9. The van der Waals surface area contributed by atoms with Gasteiger partial charge in [-0.15, -0.1) is 5.10 Å². The maximum atomic E-state index is 12.7. The Morgan fingerprint density at radius 3 is 3.04 bits per heavy atom. The van der Waals surface area contributed by atoms with E-state index >= 15 is 0 Å². The van der Waals surface area contributed by atoms with Crippen LogP contribution in [0, 0.1) is 6.92 Å². The SMILES string of the molecule is Cc1ccc2nc([C@@H]3CCCN(C(=O)c4cnnn4C)C3)[nH]c2c1. The maximum Gasteiger partial charge on any atom is 0.273 e. The van der Waals surface area contributed by atoms with Crippen LogP contribution in [0.4, 0.5) is 0 Å². The maximum absolute atomic E-state index is 12.7. The lowest BCUT2D eigenvalue weighted by molar-refractivity contribution is 0.0693. The molecule has 1 atom stereocenters. The van der Waals surface area contributed by atoms with Gasteiger partial charge in [-0.2, -0.15) is 0 Å². The Balaban J connectivity index is 1.57.